The van der Waals surface area contributed by atoms with Crippen LogP contribution in [0, 0.1) is 5.82 Å². The molecule has 128 valence electrons. The first kappa shape index (κ1) is 18.4. The summed E-state index contributed by atoms with van der Waals surface area (Å²) in [7, 11) is -3.77. The number of nitrogens with one attached hydrogen (secondary N) is 1. The van der Waals surface area contributed by atoms with Crippen molar-refractivity contribution in [2.75, 3.05) is 0 Å². The standard InChI is InChI=1S/C17H17ClFNO3S/c1-12(17(21)20-10-13-5-3-2-4-6-13)24(22,23)11-14-7-8-15(19)9-16(14)18/h2-9,12H,10-11H2,1H3,(H,20,21). The van der Waals surface area contributed by atoms with Crippen LogP contribution in [0.2, 0.25) is 5.02 Å². The van der Waals surface area contributed by atoms with E-state index in [0.717, 1.165) is 17.7 Å². The van der Waals surface area contributed by atoms with Crippen molar-refractivity contribution in [2.45, 2.75) is 24.5 Å². The number of halogens is 2. The van der Waals surface area contributed by atoms with Gasteiger partial charge in [0.1, 0.15) is 11.1 Å². The van der Waals surface area contributed by atoms with Gasteiger partial charge >= 0.3 is 0 Å². The number of amides is 1. The van der Waals surface area contributed by atoms with Gasteiger partial charge in [0.25, 0.3) is 0 Å². The molecule has 2 aromatic rings. The van der Waals surface area contributed by atoms with Crippen molar-refractivity contribution in [1.29, 1.82) is 0 Å². The largest absolute Gasteiger partial charge is 0.351 e. The number of hydrogen-bond acceptors (Lipinski definition) is 3. The second-order valence-electron chi connectivity index (χ2n) is 5.39. The van der Waals surface area contributed by atoms with E-state index in [0.29, 0.717) is 0 Å². The summed E-state index contributed by atoms with van der Waals surface area (Å²) in [5.74, 6) is -1.56. The highest BCUT2D eigenvalue weighted by atomic mass is 35.5. The van der Waals surface area contributed by atoms with Gasteiger partial charge in [-0.15, -0.1) is 0 Å². The second kappa shape index (κ2) is 7.77. The molecule has 4 nitrogen and oxygen atoms in total. The quantitative estimate of drug-likeness (QED) is 0.851. The monoisotopic (exact) mass is 369 g/mol. The van der Waals surface area contributed by atoms with E-state index in [-0.39, 0.29) is 17.1 Å². The van der Waals surface area contributed by atoms with Gasteiger partial charge in [-0.3, -0.25) is 4.79 Å². The van der Waals surface area contributed by atoms with E-state index in [2.05, 4.69) is 5.32 Å². The molecule has 0 aromatic heterocycles. The molecule has 0 aliphatic carbocycles. The van der Waals surface area contributed by atoms with E-state index in [1.165, 1.54) is 13.0 Å². The molecule has 0 bridgehead atoms. The summed E-state index contributed by atoms with van der Waals surface area (Å²) in [4.78, 5) is 12.1. The minimum Gasteiger partial charge on any atom is -0.351 e. The Kier molecular flexibility index (Phi) is 5.96. The maximum Gasteiger partial charge on any atom is 0.238 e. The summed E-state index contributed by atoms with van der Waals surface area (Å²) >= 11 is 5.86. The average molecular weight is 370 g/mol. The Morgan fingerprint density at radius 2 is 1.88 bits per heavy atom. The van der Waals surface area contributed by atoms with Crippen LogP contribution >= 0.6 is 11.6 Å². The van der Waals surface area contributed by atoms with Crippen LogP contribution in [0.25, 0.3) is 0 Å². The minimum atomic E-state index is -3.77. The van der Waals surface area contributed by atoms with Gasteiger partial charge in [0.2, 0.25) is 5.91 Å². The van der Waals surface area contributed by atoms with E-state index in [9.17, 15) is 17.6 Å². The third-order valence-corrected chi connectivity index (χ3v) is 5.95. The van der Waals surface area contributed by atoms with Gasteiger partial charge in [-0.25, -0.2) is 12.8 Å². The summed E-state index contributed by atoms with van der Waals surface area (Å²) in [6.07, 6.45) is 0. The van der Waals surface area contributed by atoms with E-state index in [1.807, 2.05) is 30.3 Å². The molecule has 0 aliphatic heterocycles. The second-order valence-corrected chi connectivity index (χ2v) is 8.12. The zero-order chi connectivity index (χ0) is 17.7. The van der Waals surface area contributed by atoms with Crippen molar-refractivity contribution in [3.63, 3.8) is 0 Å². The minimum absolute atomic E-state index is 0.0236. The van der Waals surface area contributed by atoms with Crippen molar-refractivity contribution in [3.05, 3.63) is 70.5 Å². The van der Waals surface area contributed by atoms with Gasteiger partial charge in [0, 0.05) is 11.6 Å². The number of hydrogen-bond donors (Lipinski definition) is 1. The summed E-state index contributed by atoms with van der Waals surface area (Å²) in [5.41, 5.74) is 1.14. The van der Waals surface area contributed by atoms with E-state index in [4.69, 9.17) is 11.6 Å². The smallest absolute Gasteiger partial charge is 0.238 e. The van der Waals surface area contributed by atoms with Gasteiger partial charge in [-0.1, -0.05) is 48.0 Å². The summed E-state index contributed by atoms with van der Waals surface area (Å²) in [6.45, 7) is 1.57. The lowest BCUT2D eigenvalue weighted by Gasteiger charge is -2.14. The van der Waals surface area contributed by atoms with Crippen LogP contribution in [-0.2, 0) is 26.9 Å². The van der Waals surface area contributed by atoms with Gasteiger partial charge < -0.3 is 5.32 Å². The van der Waals surface area contributed by atoms with E-state index >= 15 is 0 Å². The summed E-state index contributed by atoms with van der Waals surface area (Å²) in [5, 5.41) is 1.39. The van der Waals surface area contributed by atoms with Crippen LogP contribution in [0.5, 0.6) is 0 Å². The SMILES string of the molecule is CC(C(=O)NCc1ccccc1)S(=O)(=O)Cc1ccc(F)cc1Cl. The molecule has 24 heavy (non-hydrogen) atoms. The van der Waals surface area contributed by atoms with Crippen LogP contribution in [0.1, 0.15) is 18.1 Å². The molecule has 1 atom stereocenters. The zero-order valence-electron chi connectivity index (χ0n) is 13.0. The van der Waals surface area contributed by atoms with Gasteiger partial charge in [0.05, 0.1) is 5.75 Å². The highest BCUT2D eigenvalue weighted by molar-refractivity contribution is 7.92. The summed E-state index contributed by atoms with van der Waals surface area (Å²) < 4.78 is 37.8. The fourth-order valence-electron chi connectivity index (χ4n) is 2.07. The molecule has 0 radical (unpaired) electrons. The zero-order valence-corrected chi connectivity index (χ0v) is 14.6. The first-order chi connectivity index (χ1) is 11.3. The van der Waals surface area contributed by atoms with Crippen LogP contribution in [0.4, 0.5) is 4.39 Å². The number of sulfone groups is 1. The Balaban J connectivity index is 2.03. The Labute approximate surface area is 145 Å². The highest BCUT2D eigenvalue weighted by Gasteiger charge is 2.28. The van der Waals surface area contributed by atoms with Crippen LogP contribution in [-0.4, -0.2) is 19.6 Å². The molecule has 0 saturated heterocycles. The van der Waals surface area contributed by atoms with Gasteiger partial charge in [-0.2, -0.15) is 0 Å². The Morgan fingerprint density at radius 3 is 2.50 bits per heavy atom. The van der Waals surface area contributed by atoms with Crippen molar-refractivity contribution >= 4 is 27.3 Å². The molecule has 2 rings (SSSR count). The molecule has 0 fully saturated rings. The Morgan fingerprint density at radius 1 is 1.21 bits per heavy atom. The lowest BCUT2D eigenvalue weighted by atomic mass is 10.2. The molecule has 1 amide bonds. The molecule has 0 spiro atoms. The van der Waals surface area contributed by atoms with Crippen molar-refractivity contribution in [1.82, 2.24) is 5.32 Å². The molecule has 1 unspecified atom stereocenters. The molecule has 2 aromatic carbocycles. The molecular weight excluding hydrogens is 353 g/mol. The van der Waals surface area contributed by atoms with Gasteiger partial charge in [-0.05, 0) is 30.2 Å². The van der Waals surface area contributed by atoms with Gasteiger partial charge in [0.15, 0.2) is 9.84 Å². The first-order valence-electron chi connectivity index (χ1n) is 7.27. The Bertz CT molecular complexity index is 825. The lowest BCUT2D eigenvalue weighted by molar-refractivity contribution is -0.120. The number of benzene rings is 2. The first-order valence-corrected chi connectivity index (χ1v) is 9.36. The number of carbonyl (C=O) groups excluding carboxylic acids is 1. The number of rotatable bonds is 6. The van der Waals surface area contributed by atoms with Crippen molar-refractivity contribution in [2.24, 2.45) is 0 Å². The lowest BCUT2D eigenvalue weighted by Crippen LogP contribution is -2.38. The normalized spacial score (nSPS) is 12.6. The third kappa shape index (κ3) is 4.79. The summed E-state index contributed by atoms with van der Waals surface area (Å²) in [6, 6.07) is 12.7. The van der Waals surface area contributed by atoms with Crippen LogP contribution < -0.4 is 5.32 Å². The highest BCUT2D eigenvalue weighted by Crippen LogP contribution is 2.21. The van der Waals surface area contributed by atoms with Crippen molar-refractivity contribution < 1.29 is 17.6 Å². The van der Waals surface area contributed by atoms with E-state index in [1.54, 1.807) is 0 Å². The average Bonchev–Trinajstić information content (AvgIpc) is 2.55. The molecule has 0 saturated carbocycles. The molecule has 1 N–H and O–H groups in total. The van der Waals surface area contributed by atoms with Crippen LogP contribution in [0.3, 0.4) is 0 Å². The fraction of sp³-hybridized carbons (Fsp3) is 0.235. The third-order valence-electron chi connectivity index (χ3n) is 3.59. The fourth-order valence-corrected chi connectivity index (χ4v) is 3.73. The van der Waals surface area contributed by atoms with Crippen LogP contribution in [0.15, 0.2) is 48.5 Å². The molecular formula is C17H17ClFNO3S. The molecule has 0 heterocycles. The maximum absolute atomic E-state index is 13.0. The number of carbonyl (C=O) groups is 1. The van der Waals surface area contributed by atoms with Crippen molar-refractivity contribution in [3.8, 4) is 0 Å². The molecule has 0 aliphatic rings. The topological polar surface area (TPSA) is 63.2 Å². The Hall–Kier alpha value is -1.92. The molecule has 7 heteroatoms. The van der Waals surface area contributed by atoms with E-state index < -0.39 is 32.6 Å². The maximum atomic E-state index is 13.0. The predicted octanol–water partition coefficient (Wildman–Crippen LogP) is 3.10. The predicted molar refractivity (Wildman–Crippen MR) is 91.8 cm³/mol.